The van der Waals surface area contributed by atoms with Crippen LogP contribution in [0.25, 0.3) is 6.08 Å². The number of anilines is 1. The number of imide groups is 2. The number of para-hydroxylation sites is 1. The molecule has 2 aromatic carbocycles. The minimum Gasteiger partial charge on any atom is -0.490 e. The maximum atomic E-state index is 13.1. The summed E-state index contributed by atoms with van der Waals surface area (Å²) in [4.78, 5) is 38.8. The molecule has 4 amide bonds. The summed E-state index contributed by atoms with van der Waals surface area (Å²) in [5, 5.41) is 2.48. The molecule has 0 bridgehead atoms. The predicted octanol–water partition coefficient (Wildman–Crippen LogP) is 4.11. The lowest BCUT2D eigenvalue weighted by Crippen LogP contribution is -2.54. The highest BCUT2D eigenvalue weighted by Gasteiger charge is 2.37. The van der Waals surface area contributed by atoms with Crippen molar-refractivity contribution in [1.82, 2.24) is 5.32 Å². The van der Waals surface area contributed by atoms with E-state index in [0.29, 0.717) is 41.5 Å². The van der Waals surface area contributed by atoms with Gasteiger partial charge in [-0.2, -0.15) is 0 Å². The summed E-state index contributed by atoms with van der Waals surface area (Å²) in [6.07, 6.45) is 1.34. The maximum Gasteiger partial charge on any atom is 0.335 e. The zero-order valence-corrected chi connectivity index (χ0v) is 17.6. The van der Waals surface area contributed by atoms with E-state index in [2.05, 4.69) is 5.32 Å². The highest BCUT2D eigenvalue weighted by molar-refractivity contribution is 6.40. The number of barbiturate groups is 1. The van der Waals surface area contributed by atoms with E-state index in [-0.39, 0.29) is 10.6 Å². The van der Waals surface area contributed by atoms with Crippen molar-refractivity contribution in [2.75, 3.05) is 18.1 Å². The van der Waals surface area contributed by atoms with Gasteiger partial charge in [0.25, 0.3) is 11.8 Å². The minimum absolute atomic E-state index is 0.216. The number of carbonyl (C=O) groups is 3. The fourth-order valence-corrected chi connectivity index (χ4v) is 3.25. The van der Waals surface area contributed by atoms with Crippen molar-refractivity contribution < 1.29 is 23.9 Å². The normalized spacial score (nSPS) is 15.4. The number of hydrogen-bond donors (Lipinski definition) is 1. The molecule has 1 N–H and O–H groups in total. The Labute approximate surface area is 179 Å². The number of nitrogens with zero attached hydrogens (tertiary/aromatic N) is 1. The lowest BCUT2D eigenvalue weighted by molar-refractivity contribution is -0.122. The Morgan fingerprint density at radius 2 is 1.67 bits per heavy atom. The number of benzene rings is 2. The smallest absolute Gasteiger partial charge is 0.335 e. The molecule has 1 saturated heterocycles. The summed E-state index contributed by atoms with van der Waals surface area (Å²) < 4.78 is 11.1. The Morgan fingerprint density at radius 3 is 2.30 bits per heavy atom. The summed E-state index contributed by atoms with van der Waals surface area (Å²) in [6.45, 7) is 6.25. The number of nitrogens with one attached hydrogen (secondary N) is 1. The van der Waals surface area contributed by atoms with E-state index in [4.69, 9.17) is 21.1 Å². The van der Waals surface area contributed by atoms with Crippen LogP contribution in [-0.2, 0) is 9.59 Å². The Morgan fingerprint density at radius 1 is 1.03 bits per heavy atom. The van der Waals surface area contributed by atoms with Crippen LogP contribution in [-0.4, -0.2) is 31.1 Å². The standard InChI is InChI=1S/C22H21ClN2O5/c1-4-29-18-11-14(16(23)12-19(18)30-5-2)10-15-20(26)24-22(28)25(21(15)27)17-9-7-6-8-13(17)3/h6-12H,4-5H2,1-3H3,(H,24,26,28)/b15-10+. The van der Waals surface area contributed by atoms with Crippen LogP contribution in [0.4, 0.5) is 10.5 Å². The number of ether oxygens (including phenoxy) is 2. The summed E-state index contributed by atoms with van der Waals surface area (Å²) in [5.41, 5.74) is 1.28. The van der Waals surface area contributed by atoms with Gasteiger partial charge >= 0.3 is 6.03 Å². The second kappa shape index (κ2) is 9.00. The van der Waals surface area contributed by atoms with Gasteiger partial charge in [-0.3, -0.25) is 14.9 Å². The van der Waals surface area contributed by atoms with Crippen LogP contribution in [0.2, 0.25) is 5.02 Å². The fraction of sp³-hybridized carbons (Fsp3) is 0.227. The van der Waals surface area contributed by atoms with Crippen LogP contribution in [0.5, 0.6) is 11.5 Å². The number of urea groups is 1. The number of halogens is 1. The van der Waals surface area contributed by atoms with Gasteiger partial charge in [0.2, 0.25) is 0 Å². The molecule has 1 heterocycles. The second-order valence-electron chi connectivity index (χ2n) is 6.43. The van der Waals surface area contributed by atoms with Gasteiger partial charge in [-0.05, 0) is 50.1 Å². The first kappa shape index (κ1) is 21.4. The molecule has 0 saturated carbocycles. The average molecular weight is 429 g/mol. The molecular weight excluding hydrogens is 408 g/mol. The first-order valence-electron chi connectivity index (χ1n) is 9.43. The predicted molar refractivity (Wildman–Crippen MR) is 114 cm³/mol. The molecule has 2 aromatic rings. The van der Waals surface area contributed by atoms with Gasteiger partial charge in [-0.25, -0.2) is 9.69 Å². The lowest BCUT2D eigenvalue weighted by atomic mass is 10.1. The van der Waals surface area contributed by atoms with Crippen LogP contribution in [0.15, 0.2) is 42.0 Å². The van der Waals surface area contributed by atoms with Crippen molar-refractivity contribution in [1.29, 1.82) is 0 Å². The zero-order valence-electron chi connectivity index (χ0n) is 16.8. The molecule has 0 atom stereocenters. The van der Waals surface area contributed by atoms with Gasteiger partial charge in [0.05, 0.1) is 23.9 Å². The molecule has 7 nitrogen and oxygen atoms in total. The van der Waals surface area contributed by atoms with E-state index >= 15 is 0 Å². The van der Waals surface area contributed by atoms with Crippen molar-refractivity contribution in [3.05, 3.63) is 58.1 Å². The lowest BCUT2D eigenvalue weighted by Gasteiger charge is -2.27. The summed E-state index contributed by atoms with van der Waals surface area (Å²) in [6, 6.07) is 9.27. The first-order chi connectivity index (χ1) is 14.4. The topological polar surface area (TPSA) is 84.9 Å². The van der Waals surface area contributed by atoms with Crippen LogP contribution < -0.4 is 19.7 Å². The van der Waals surface area contributed by atoms with E-state index < -0.39 is 17.8 Å². The molecule has 3 rings (SSSR count). The molecule has 0 aromatic heterocycles. The molecule has 8 heteroatoms. The molecule has 1 aliphatic heterocycles. The quantitative estimate of drug-likeness (QED) is 0.552. The van der Waals surface area contributed by atoms with Crippen molar-refractivity contribution in [3.63, 3.8) is 0 Å². The van der Waals surface area contributed by atoms with Crippen molar-refractivity contribution in [2.24, 2.45) is 0 Å². The molecule has 1 aliphatic rings. The molecule has 0 unspecified atom stereocenters. The number of aryl methyl sites for hydroxylation is 1. The molecular formula is C22H21ClN2O5. The Kier molecular flexibility index (Phi) is 6.42. The first-order valence-corrected chi connectivity index (χ1v) is 9.81. The molecule has 0 aliphatic carbocycles. The van der Waals surface area contributed by atoms with Gasteiger partial charge in [-0.1, -0.05) is 29.8 Å². The van der Waals surface area contributed by atoms with Gasteiger partial charge < -0.3 is 9.47 Å². The van der Waals surface area contributed by atoms with Gasteiger partial charge in [0, 0.05) is 6.07 Å². The SMILES string of the molecule is CCOc1cc(Cl)c(/C=C2\C(=O)NC(=O)N(c3ccccc3C)C2=O)cc1OCC. The van der Waals surface area contributed by atoms with E-state index in [1.54, 1.807) is 43.3 Å². The maximum absolute atomic E-state index is 13.1. The third-order valence-electron chi connectivity index (χ3n) is 4.42. The highest BCUT2D eigenvalue weighted by Crippen LogP contribution is 2.35. The van der Waals surface area contributed by atoms with Crippen LogP contribution in [0.1, 0.15) is 25.0 Å². The molecule has 0 spiro atoms. The second-order valence-corrected chi connectivity index (χ2v) is 6.84. The summed E-state index contributed by atoms with van der Waals surface area (Å²) in [5.74, 6) is -0.632. The van der Waals surface area contributed by atoms with Gasteiger partial charge in [0.15, 0.2) is 11.5 Å². The van der Waals surface area contributed by atoms with Gasteiger partial charge in [-0.15, -0.1) is 0 Å². The van der Waals surface area contributed by atoms with E-state index in [9.17, 15) is 14.4 Å². The largest absolute Gasteiger partial charge is 0.490 e. The summed E-state index contributed by atoms with van der Waals surface area (Å²) in [7, 11) is 0. The number of carbonyl (C=O) groups excluding carboxylic acids is 3. The van der Waals surface area contributed by atoms with E-state index in [1.165, 1.54) is 6.08 Å². The zero-order chi connectivity index (χ0) is 21.8. The van der Waals surface area contributed by atoms with Crippen LogP contribution in [0, 0.1) is 6.92 Å². The van der Waals surface area contributed by atoms with Crippen molar-refractivity contribution in [3.8, 4) is 11.5 Å². The van der Waals surface area contributed by atoms with E-state index in [0.717, 1.165) is 4.90 Å². The van der Waals surface area contributed by atoms with Crippen molar-refractivity contribution >= 4 is 41.2 Å². The molecule has 1 fully saturated rings. The van der Waals surface area contributed by atoms with E-state index in [1.807, 2.05) is 13.8 Å². The molecule has 156 valence electrons. The van der Waals surface area contributed by atoms with Gasteiger partial charge in [0.1, 0.15) is 5.57 Å². The average Bonchev–Trinajstić information content (AvgIpc) is 2.69. The molecule has 0 radical (unpaired) electrons. The molecule has 30 heavy (non-hydrogen) atoms. The van der Waals surface area contributed by atoms with Crippen molar-refractivity contribution in [2.45, 2.75) is 20.8 Å². The Bertz CT molecular complexity index is 1050. The highest BCUT2D eigenvalue weighted by atomic mass is 35.5. The van der Waals surface area contributed by atoms with Crippen LogP contribution >= 0.6 is 11.6 Å². The number of amides is 4. The number of hydrogen-bond acceptors (Lipinski definition) is 5. The third kappa shape index (κ3) is 4.16. The van der Waals surface area contributed by atoms with Crippen LogP contribution in [0.3, 0.4) is 0 Å². The fourth-order valence-electron chi connectivity index (χ4n) is 3.04. The Hall–Kier alpha value is -3.32. The summed E-state index contributed by atoms with van der Waals surface area (Å²) >= 11 is 6.36. The monoisotopic (exact) mass is 428 g/mol. The minimum atomic E-state index is -0.802. The Balaban J connectivity index is 2.06. The third-order valence-corrected chi connectivity index (χ3v) is 4.75. The number of rotatable bonds is 6.